The van der Waals surface area contributed by atoms with Crippen LogP contribution in [0.15, 0.2) is 126 Å². The molecule has 2 radical (unpaired) electrons. The summed E-state index contributed by atoms with van der Waals surface area (Å²) in [5, 5.41) is 17.9. The Kier molecular flexibility index (Phi) is 4.33. The molecule has 3 aromatic heterocycles. The molecule has 0 N–H and O–H groups in total. The second-order valence-electron chi connectivity index (χ2n) is 13.9. The van der Waals surface area contributed by atoms with Crippen molar-refractivity contribution in [3.63, 3.8) is 0 Å². The van der Waals surface area contributed by atoms with Crippen LogP contribution >= 0.6 is 15.9 Å². The van der Waals surface area contributed by atoms with Crippen molar-refractivity contribution >= 4 is 132 Å². The van der Waals surface area contributed by atoms with E-state index in [9.17, 15) is 0 Å². The van der Waals surface area contributed by atoms with Crippen molar-refractivity contribution in [3.05, 3.63) is 131 Å². The third kappa shape index (κ3) is 2.69. The molecule has 0 saturated heterocycles. The number of hydrogen-bond acceptors (Lipinski definition) is 0. The van der Waals surface area contributed by atoms with Gasteiger partial charge in [-0.3, -0.25) is 0 Å². The summed E-state index contributed by atoms with van der Waals surface area (Å²) in [7, 11) is 7.16. The van der Waals surface area contributed by atoms with Crippen molar-refractivity contribution in [1.29, 1.82) is 0 Å². The molecule has 0 spiro atoms. The monoisotopic (exact) mass is 680 g/mol. The molecule has 13 rings (SSSR count). The highest BCUT2D eigenvalue weighted by Crippen LogP contribution is 2.56. The van der Waals surface area contributed by atoms with Crippen molar-refractivity contribution in [1.82, 2.24) is 8.97 Å². The lowest BCUT2D eigenvalue weighted by atomic mass is 9.78. The van der Waals surface area contributed by atoms with Gasteiger partial charge in [-0.1, -0.05) is 118 Å². The first-order valence-electron chi connectivity index (χ1n) is 16.9. The topological polar surface area (TPSA) is 9.34 Å². The highest BCUT2D eigenvalue weighted by molar-refractivity contribution is 9.10. The van der Waals surface area contributed by atoms with Gasteiger partial charge < -0.3 is 8.97 Å². The van der Waals surface area contributed by atoms with Crippen LogP contribution in [0.1, 0.15) is 5.56 Å². The Morgan fingerprint density at radius 2 is 1.00 bits per heavy atom. The van der Waals surface area contributed by atoms with E-state index in [1.54, 1.807) is 0 Å². The van der Waals surface area contributed by atoms with Crippen LogP contribution < -0.4 is 5.46 Å². The number of nitrogens with zero attached hydrogens (tertiary/aromatic N) is 2. The second-order valence-corrected chi connectivity index (χ2v) is 14.7. The molecule has 0 bridgehead atoms. The van der Waals surface area contributed by atoms with Crippen LogP contribution in [0.25, 0.3) is 114 Å². The number of aromatic nitrogens is 2. The average Bonchev–Trinajstić information content (AvgIpc) is 3.78. The minimum atomic E-state index is 0.825. The second kappa shape index (κ2) is 8.34. The fourth-order valence-corrected chi connectivity index (χ4v) is 10.6. The van der Waals surface area contributed by atoms with Gasteiger partial charge in [0.1, 0.15) is 7.85 Å². The Morgan fingerprint density at radius 3 is 1.78 bits per heavy atom. The summed E-state index contributed by atoms with van der Waals surface area (Å²) in [6, 6.07) is 44.9. The number of hydrogen-bond donors (Lipinski definition) is 0. The summed E-state index contributed by atoms with van der Waals surface area (Å²) < 4.78 is 6.18. The summed E-state index contributed by atoms with van der Waals surface area (Å²) in [6.07, 6.45) is 0. The number of fused-ring (bicyclic) bond motifs is 17. The number of benzene rings is 9. The molecule has 222 valence electrons. The third-order valence-corrected chi connectivity index (χ3v) is 12.4. The molecular formula is C45H22BBrN2. The molecule has 49 heavy (non-hydrogen) atoms. The SMILES string of the molecule is [B]c1ccc2c3c4c5c(c6ccccc6n5Cc5ccccc5-4)c4c(Br)ccc(c34)c3c2c1c1c2ccccc2n2c4ccccc4c3c12. The van der Waals surface area contributed by atoms with Gasteiger partial charge in [-0.05, 0) is 62.3 Å². The van der Waals surface area contributed by atoms with Crippen LogP contribution in [0.4, 0.5) is 0 Å². The Balaban J connectivity index is 1.47. The van der Waals surface area contributed by atoms with E-state index in [-0.39, 0.29) is 0 Å². The Labute approximate surface area is 288 Å². The van der Waals surface area contributed by atoms with Crippen LogP contribution in [-0.2, 0) is 6.54 Å². The van der Waals surface area contributed by atoms with Crippen LogP contribution in [0.5, 0.6) is 0 Å². The average molecular weight is 681 g/mol. The summed E-state index contributed by atoms with van der Waals surface area (Å²) in [4.78, 5) is 0. The lowest BCUT2D eigenvalue weighted by Crippen LogP contribution is -2.09. The van der Waals surface area contributed by atoms with E-state index in [1.165, 1.54) is 114 Å². The van der Waals surface area contributed by atoms with Crippen LogP contribution in [-0.4, -0.2) is 16.8 Å². The predicted molar refractivity (Wildman–Crippen MR) is 213 cm³/mol. The van der Waals surface area contributed by atoms with Gasteiger partial charge in [-0.25, -0.2) is 0 Å². The molecule has 0 atom stereocenters. The van der Waals surface area contributed by atoms with E-state index < -0.39 is 0 Å². The lowest BCUT2D eigenvalue weighted by molar-refractivity contribution is 0.862. The number of rotatable bonds is 0. The molecule has 1 aliphatic rings. The van der Waals surface area contributed by atoms with Crippen molar-refractivity contribution in [2.75, 3.05) is 0 Å². The Hall–Kier alpha value is -5.58. The molecule has 0 aliphatic carbocycles. The zero-order valence-corrected chi connectivity index (χ0v) is 27.7. The van der Waals surface area contributed by atoms with E-state index in [0.717, 1.165) is 21.9 Å². The summed E-state index contributed by atoms with van der Waals surface area (Å²) >= 11 is 4.12. The van der Waals surface area contributed by atoms with Gasteiger partial charge in [0.2, 0.25) is 0 Å². The molecule has 0 fully saturated rings. The quantitative estimate of drug-likeness (QED) is 0.0856. The molecule has 0 unspecified atom stereocenters. The van der Waals surface area contributed by atoms with Crippen molar-refractivity contribution in [2.45, 2.75) is 6.54 Å². The highest BCUT2D eigenvalue weighted by Gasteiger charge is 2.31. The van der Waals surface area contributed by atoms with Crippen molar-refractivity contribution in [3.8, 4) is 11.1 Å². The maximum atomic E-state index is 7.16. The van der Waals surface area contributed by atoms with Crippen molar-refractivity contribution < 1.29 is 0 Å². The molecule has 0 amide bonds. The van der Waals surface area contributed by atoms with E-state index in [4.69, 9.17) is 7.85 Å². The molecule has 12 aromatic rings. The van der Waals surface area contributed by atoms with Gasteiger partial charge in [0.05, 0.1) is 22.1 Å². The highest BCUT2D eigenvalue weighted by atomic mass is 79.9. The molecule has 1 aliphatic heterocycles. The Morgan fingerprint density at radius 1 is 0.449 bits per heavy atom. The smallest absolute Gasteiger partial charge is 0.114 e. The van der Waals surface area contributed by atoms with Gasteiger partial charge in [0.15, 0.2) is 0 Å². The summed E-state index contributed by atoms with van der Waals surface area (Å²) in [5.41, 5.74) is 11.2. The molecule has 4 heteroatoms. The summed E-state index contributed by atoms with van der Waals surface area (Å²) in [5.74, 6) is 0. The van der Waals surface area contributed by atoms with E-state index in [2.05, 4.69) is 146 Å². The first-order chi connectivity index (χ1) is 24.2. The predicted octanol–water partition coefficient (Wildman–Crippen LogP) is 11.6. The van der Waals surface area contributed by atoms with Gasteiger partial charge in [0, 0.05) is 70.6 Å². The normalized spacial score (nSPS) is 13.4. The maximum absolute atomic E-state index is 7.16. The Bertz CT molecular complexity index is 3490. The van der Waals surface area contributed by atoms with Crippen LogP contribution in [0, 0.1) is 0 Å². The summed E-state index contributed by atoms with van der Waals surface area (Å²) in [6.45, 7) is 0.851. The van der Waals surface area contributed by atoms with Gasteiger partial charge in [-0.2, -0.15) is 0 Å². The first kappa shape index (κ1) is 25.4. The molecule has 0 saturated carbocycles. The third-order valence-electron chi connectivity index (χ3n) is 11.8. The molecule has 4 heterocycles. The minimum absolute atomic E-state index is 0.825. The minimum Gasteiger partial charge on any atom is -0.335 e. The van der Waals surface area contributed by atoms with Gasteiger partial charge in [-0.15, -0.1) is 0 Å². The first-order valence-corrected chi connectivity index (χ1v) is 17.7. The van der Waals surface area contributed by atoms with E-state index in [0.29, 0.717) is 0 Å². The number of halogens is 1. The van der Waals surface area contributed by atoms with Crippen molar-refractivity contribution in [2.24, 2.45) is 0 Å². The zero-order valence-electron chi connectivity index (χ0n) is 26.1. The maximum Gasteiger partial charge on any atom is 0.114 e. The fourth-order valence-electron chi connectivity index (χ4n) is 10.1. The lowest BCUT2D eigenvalue weighted by Gasteiger charge is -2.26. The molecule has 2 nitrogen and oxygen atoms in total. The standard InChI is InChI=1S/C45H22BBrN2/c46-29-19-17-27-35-37-28(34-36(27)42(29)40-26-13-5-8-16-33(26)49-32-15-7-4-12-25(32)39(34)45(40)49)18-20-30(47)43(37)41-24-11-3-6-14-31(24)48-21-22-9-1-2-10-23(22)38(35)44(41)48/h1-20H,21H2. The van der Waals surface area contributed by atoms with Gasteiger partial charge >= 0.3 is 0 Å². The van der Waals surface area contributed by atoms with Crippen LogP contribution in [0.3, 0.4) is 0 Å². The molecule has 9 aromatic carbocycles. The van der Waals surface area contributed by atoms with Crippen LogP contribution in [0.2, 0.25) is 0 Å². The largest absolute Gasteiger partial charge is 0.335 e. The van der Waals surface area contributed by atoms with E-state index >= 15 is 0 Å². The molecular weight excluding hydrogens is 659 g/mol. The zero-order chi connectivity index (χ0) is 31.9. The number of para-hydroxylation sites is 3. The van der Waals surface area contributed by atoms with E-state index in [1.807, 2.05) is 0 Å². The fraction of sp³-hybridized carbons (Fsp3) is 0.0222. The van der Waals surface area contributed by atoms with Gasteiger partial charge in [0.25, 0.3) is 0 Å².